The molecule has 1 atom stereocenters. The van der Waals surface area contributed by atoms with Gasteiger partial charge in [-0.2, -0.15) is 0 Å². The predicted octanol–water partition coefficient (Wildman–Crippen LogP) is 6.16. The Kier molecular flexibility index (Phi) is 8.63. The second-order valence-electron chi connectivity index (χ2n) is 9.13. The molecule has 0 bridgehead atoms. The number of nitrogens with one attached hydrogen (secondary N) is 2. The fraction of sp³-hybridized carbons (Fsp3) is 0.259. The third kappa shape index (κ3) is 6.76. The Hall–Kier alpha value is -3.21. The van der Waals surface area contributed by atoms with E-state index in [-0.39, 0.29) is 5.75 Å². The van der Waals surface area contributed by atoms with Gasteiger partial charge in [-0.25, -0.2) is 4.79 Å². The minimum absolute atomic E-state index is 0.269. The van der Waals surface area contributed by atoms with Gasteiger partial charge in [-0.15, -0.1) is 33.3 Å². The highest BCUT2D eigenvalue weighted by Gasteiger charge is 2.39. The Morgan fingerprint density at radius 1 is 0.946 bits per heavy atom. The first-order valence-corrected chi connectivity index (χ1v) is 14.4. The quantitative estimate of drug-likeness (QED) is 0.258. The number of ether oxygens (including phenoxy) is 1. The lowest BCUT2D eigenvalue weighted by Crippen LogP contribution is -2.48. The summed E-state index contributed by atoms with van der Waals surface area (Å²) < 4.78 is 4.86. The lowest BCUT2D eigenvalue weighted by atomic mass is 9.89. The highest BCUT2D eigenvalue weighted by molar-refractivity contribution is 8.00. The smallest absolute Gasteiger partial charge is 0.408 e. The molecule has 2 N–H and O–H groups in total. The van der Waals surface area contributed by atoms with Crippen molar-refractivity contribution in [2.45, 2.75) is 37.2 Å². The van der Waals surface area contributed by atoms with Gasteiger partial charge in [0.2, 0.25) is 11.0 Å². The Morgan fingerprint density at radius 3 is 2.11 bits per heavy atom. The molecule has 0 aliphatic carbocycles. The summed E-state index contributed by atoms with van der Waals surface area (Å²) in [6.45, 7) is 5.35. The van der Waals surface area contributed by atoms with Crippen LogP contribution in [0.4, 0.5) is 9.93 Å². The van der Waals surface area contributed by atoms with Crippen molar-refractivity contribution < 1.29 is 14.3 Å². The largest absolute Gasteiger partial charge is 0.444 e. The molecular formula is C27H28N4O3S3. The number of amides is 2. The van der Waals surface area contributed by atoms with Crippen LogP contribution in [0.3, 0.4) is 0 Å². The molecule has 192 valence electrons. The summed E-state index contributed by atoms with van der Waals surface area (Å²) in [5.41, 5.74) is 2.99. The van der Waals surface area contributed by atoms with Gasteiger partial charge in [0.25, 0.3) is 0 Å². The zero-order valence-electron chi connectivity index (χ0n) is 20.7. The zero-order valence-corrected chi connectivity index (χ0v) is 23.2. The third-order valence-corrected chi connectivity index (χ3v) is 8.64. The van der Waals surface area contributed by atoms with Gasteiger partial charge in [0.1, 0.15) is 17.2 Å². The number of rotatable bonds is 9. The zero-order chi connectivity index (χ0) is 26.3. The maximum Gasteiger partial charge on any atom is 0.408 e. The van der Waals surface area contributed by atoms with Crippen LogP contribution in [0, 0.1) is 0 Å². The summed E-state index contributed by atoms with van der Waals surface area (Å²) >= 11 is 4.45. The first-order valence-electron chi connectivity index (χ1n) is 11.6. The summed E-state index contributed by atoms with van der Waals surface area (Å²) in [7, 11) is 0. The molecule has 0 radical (unpaired) electrons. The number of aromatic nitrogens is 2. The SMILES string of the molecule is CC(C)(C)OC(=O)N[C@@H](CSC(c1ccccc1)(c1ccccc1)c1cccs1)C(=O)Nc1nncs1. The number of thioether (sulfide) groups is 1. The van der Waals surface area contributed by atoms with E-state index in [1.807, 2.05) is 42.5 Å². The molecule has 4 aromatic rings. The van der Waals surface area contributed by atoms with Gasteiger partial charge < -0.3 is 10.1 Å². The van der Waals surface area contributed by atoms with E-state index in [9.17, 15) is 9.59 Å². The molecular weight excluding hydrogens is 525 g/mol. The third-order valence-electron chi connectivity index (χ3n) is 5.29. The summed E-state index contributed by atoms with van der Waals surface area (Å²) in [6, 6.07) is 23.6. The Labute approximate surface area is 228 Å². The molecule has 2 amide bonds. The van der Waals surface area contributed by atoms with Gasteiger partial charge in [0.05, 0.1) is 4.75 Å². The van der Waals surface area contributed by atoms with Crippen molar-refractivity contribution in [3.8, 4) is 0 Å². The standard InChI is InChI=1S/C27H28N4O3S3/c1-26(2,3)34-25(33)29-21(23(32)30-24-31-28-18-36-24)17-37-27(22-15-10-16-35-22,19-11-6-4-7-12-19)20-13-8-5-9-14-20/h4-16,18,21H,17H2,1-3H3,(H,29,33)(H,30,31,32)/t21-/m0/s1. The minimum Gasteiger partial charge on any atom is -0.444 e. The highest BCUT2D eigenvalue weighted by atomic mass is 32.2. The molecule has 2 aromatic heterocycles. The molecule has 2 heterocycles. The summed E-state index contributed by atoms with van der Waals surface area (Å²) in [4.78, 5) is 27.2. The first kappa shape index (κ1) is 26.8. The second kappa shape index (κ2) is 11.9. The van der Waals surface area contributed by atoms with Gasteiger partial charge in [-0.05, 0) is 43.3 Å². The van der Waals surface area contributed by atoms with Gasteiger partial charge in [-0.3, -0.25) is 10.1 Å². The van der Waals surface area contributed by atoms with Crippen molar-refractivity contribution in [3.63, 3.8) is 0 Å². The molecule has 0 aliphatic rings. The van der Waals surface area contributed by atoms with Crippen molar-refractivity contribution in [1.82, 2.24) is 15.5 Å². The second-order valence-corrected chi connectivity index (χ2v) is 12.1. The molecule has 4 rings (SSSR count). The summed E-state index contributed by atoms with van der Waals surface area (Å²) in [5, 5.41) is 15.6. The normalized spacial score (nSPS) is 12.5. The van der Waals surface area contributed by atoms with E-state index in [0.717, 1.165) is 16.0 Å². The monoisotopic (exact) mass is 552 g/mol. The van der Waals surface area contributed by atoms with Crippen LogP contribution in [0.15, 0.2) is 83.7 Å². The highest BCUT2D eigenvalue weighted by Crippen LogP contribution is 2.50. The number of hydrogen-bond acceptors (Lipinski definition) is 8. The van der Waals surface area contributed by atoms with Crippen LogP contribution >= 0.6 is 34.4 Å². The number of carbonyl (C=O) groups excluding carboxylic acids is 2. The average molecular weight is 553 g/mol. The fourth-order valence-electron chi connectivity index (χ4n) is 3.77. The van der Waals surface area contributed by atoms with Crippen molar-refractivity contribution in [2.24, 2.45) is 0 Å². The molecule has 2 aromatic carbocycles. The summed E-state index contributed by atoms with van der Waals surface area (Å²) in [5.74, 6) is -0.123. The van der Waals surface area contributed by atoms with Crippen molar-refractivity contribution in [1.29, 1.82) is 0 Å². The van der Waals surface area contributed by atoms with E-state index >= 15 is 0 Å². The van der Waals surface area contributed by atoms with Gasteiger partial charge in [-0.1, -0.05) is 78.1 Å². The number of alkyl carbamates (subject to hydrolysis) is 1. The average Bonchev–Trinajstić information content (AvgIpc) is 3.59. The van der Waals surface area contributed by atoms with Crippen molar-refractivity contribution in [3.05, 3.63) is 99.7 Å². The molecule has 10 heteroatoms. The topological polar surface area (TPSA) is 93.2 Å². The minimum atomic E-state index is -0.893. The van der Waals surface area contributed by atoms with Crippen LogP contribution in [-0.4, -0.2) is 39.6 Å². The number of benzene rings is 2. The van der Waals surface area contributed by atoms with Crippen LogP contribution in [0.2, 0.25) is 0 Å². The number of nitrogens with zero attached hydrogens (tertiary/aromatic N) is 2. The molecule has 0 fully saturated rings. The van der Waals surface area contributed by atoms with E-state index in [0.29, 0.717) is 5.13 Å². The van der Waals surface area contributed by atoms with Crippen LogP contribution < -0.4 is 10.6 Å². The van der Waals surface area contributed by atoms with Gasteiger partial charge in [0.15, 0.2) is 0 Å². The van der Waals surface area contributed by atoms with Crippen molar-refractivity contribution >= 4 is 51.6 Å². The first-order chi connectivity index (χ1) is 17.8. The maximum atomic E-state index is 13.3. The van der Waals surface area contributed by atoms with E-state index in [4.69, 9.17) is 4.74 Å². The van der Waals surface area contributed by atoms with E-state index in [1.165, 1.54) is 16.8 Å². The van der Waals surface area contributed by atoms with E-state index < -0.39 is 28.4 Å². The summed E-state index contributed by atoms with van der Waals surface area (Å²) in [6.07, 6.45) is -0.661. The van der Waals surface area contributed by atoms with Gasteiger partial charge >= 0.3 is 6.09 Å². The Morgan fingerprint density at radius 2 is 1.59 bits per heavy atom. The van der Waals surface area contributed by atoms with E-state index in [1.54, 1.807) is 43.9 Å². The number of carbonyl (C=O) groups is 2. The van der Waals surface area contributed by atoms with E-state index in [2.05, 4.69) is 56.5 Å². The van der Waals surface area contributed by atoms with Crippen LogP contribution in [-0.2, 0) is 14.3 Å². The number of anilines is 1. The lowest BCUT2D eigenvalue weighted by molar-refractivity contribution is -0.117. The molecule has 0 saturated carbocycles. The molecule has 7 nitrogen and oxygen atoms in total. The molecule has 0 spiro atoms. The van der Waals surface area contributed by atoms with Crippen LogP contribution in [0.1, 0.15) is 36.8 Å². The fourth-order valence-corrected chi connectivity index (χ4v) is 6.87. The predicted molar refractivity (Wildman–Crippen MR) is 151 cm³/mol. The molecule has 0 unspecified atom stereocenters. The van der Waals surface area contributed by atoms with Gasteiger partial charge in [0, 0.05) is 10.6 Å². The van der Waals surface area contributed by atoms with Crippen LogP contribution in [0.25, 0.3) is 0 Å². The Bertz CT molecular complexity index is 1240. The molecule has 0 saturated heterocycles. The molecule has 37 heavy (non-hydrogen) atoms. The lowest BCUT2D eigenvalue weighted by Gasteiger charge is -2.35. The Balaban J connectivity index is 1.71. The van der Waals surface area contributed by atoms with Crippen molar-refractivity contribution in [2.75, 3.05) is 11.1 Å². The number of thiophene rings is 1. The van der Waals surface area contributed by atoms with Crippen LogP contribution in [0.5, 0.6) is 0 Å². The molecule has 0 aliphatic heterocycles. The number of hydrogen-bond donors (Lipinski definition) is 2. The maximum absolute atomic E-state index is 13.3.